The van der Waals surface area contributed by atoms with E-state index in [-0.39, 0.29) is 17.4 Å². The van der Waals surface area contributed by atoms with E-state index in [2.05, 4.69) is 37.0 Å². The molecule has 10 heteroatoms. The second-order valence-electron chi connectivity index (χ2n) is 7.09. The van der Waals surface area contributed by atoms with Gasteiger partial charge in [0.2, 0.25) is 5.88 Å². The normalized spacial score (nSPS) is 17.5. The summed E-state index contributed by atoms with van der Waals surface area (Å²) < 4.78 is 14.2. The van der Waals surface area contributed by atoms with Gasteiger partial charge in [0.05, 0.1) is 27.3 Å². The summed E-state index contributed by atoms with van der Waals surface area (Å²) in [6.07, 6.45) is 0. The van der Waals surface area contributed by atoms with E-state index in [1.54, 1.807) is 13.0 Å². The molecule has 0 spiro atoms. The van der Waals surface area contributed by atoms with Gasteiger partial charge in [0.1, 0.15) is 5.75 Å². The molecule has 0 radical (unpaired) electrons. The largest absolute Gasteiger partial charge is 0.485 e. The molecule has 0 unspecified atom stereocenters. The standard InChI is InChI=1S/C21H17Br2N3O5/c1-11-18(21(31-12(2)27)25(24-11)14-6-4-3-5-7-14)19-15-8-13(22)9-16(23)20(15)30-10-17(19)26(28)29/h3-9,17,19H,10H2,1-2H3/t17-,19-/m1/s1. The third kappa shape index (κ3) is 3.97. The van der Waals surface area contributed by atoms with Gasteiger partial charge in [0.25, 0.3) is 6.04 Å². The molecule has 1 aromatic heterocycles. The molecule has 160 valence electrons. The molecular weight excluding hydrogens is 534 g/mol. The van der Waals surface area contributed by atoms with E-state index in [1.807, 2.05) is 36.4 Å². The van der Waals surface area contributed by atoms with Gasteiger partial charge in [-0.15, -0.1) is 0 Å². The lowest BCUT2D eigenvalue weighted by Gasteiger charge is -2.29. The lowest BCUT2D eigenvalue weighted by atomic mass is 9.83. The molecule has 2 aromatic carbocycles. The lowest BCUT2D eigenvalue weighted by Crippen LogP contribution is -2.38. The van der Waals surface area contributed by atoms with Crippen LogP contribution in [0.3, 0.4) is 0 Å². The van der Waals surface area contributed by atoms with Crippen molar-refractivity contribution in [1.29, 1.82) is 0 Å². The number of aryl methyl sites for hydroxylation is 1. The summed E-state index contributed by atoms with van der Waals surface area (Å²) in [7, 11) is 0. The SMILES string of the molecule is CC(=O)Oc1c([C@@H]2c3cc(Br)cc(Br)c3OC[C@H]2[N+](=O)[O-])c(C)nn1-c1ccccc1. The second kappa shape index (κ2) is 8.43. The van der Waals surface area contributed by atoms with Crippen LogP contribution >= 0.6 is 31.9 Å². The van der Waals surface area contributed by atoms with Crippen molar-refractivity contribution in [2.75, 3.05) is 6.61 Å². The first-order valence-corrected chi connectivity index (χ1v) is 10.9. The minimum Gasteiger partial charge on any atom is -0.485 e. The highest BCUT2D eigenvalue weighted by atomic mass is 79.9. The Morgan fingerprint density at radius 3 is 2.65 bits per heavy atom. The topological polar surface area (TPSA) is 96.5 Å². The van der Waals surface area contributed by atoms with Gasteiger partial charge >= 0.3 is 5.97 Å². The first-order chi connectivity index (χ1) is 14.8. The van der Waals surface area contributed by atoms with Gasteiger partial charge in [-0.3, -0.25) is 14.9 Å². The highest BCUT2D eigenvalue weighted by Crippen LogP contribution is 2.48. The van der Waals surface area contributed by atoms with Crippen LogP contribution in [0.4, 0.5) is 0 Å². The minimum atomic E-state index is -1.09. The maximum atomic E-state index is 12.0. The monoisotopic (exact) mass is 549 g/mol. The smallest absolute Gasteiger partial charge is 0.309 e. The molecule has 0 aliphatic carbocycles. The fourth-order valence-corrected chi connectivity index (χ4v) is 5.19. The van der Waals surface area contributed by atoms with Crippen molar-refractivity contribution in [1.82, 2.24) is 9.78 Å². The predicted octanol–water partition coefficient (Wildman–Crippen LogP) is 4.80. The van der Waals surface area contributed by atoms with Crippen LogP contribution in [0.25, 0.3) is 5.69 Å². The third-order valence-corrected chi connectivity index (χ3v) is 6.09. The average Bonchev–Trinajstić information content (AvgIpc) is 3.02. The number of para-hydroxylation sites is 1. The van der Waals surface area contributed by atoms with E-state index >= 15 is 0 Å². The maximum Gasteiger partial charge on any atom is 0.309 e. The van der Waals surface area contributed by atoms with E-state index in [9.17, 15) is 14.9 Å². The number of hydrogen-bond donors (Lipinski definition) is 0. The Labute approximate surface area is 194 Å². The number of benzene rings is 2. The van der Waals surface area contributed by atoms with Gasteiger partial charge in [-0.2, -0.15) is 5.10 Å². The number of nitrogens with zero attached hydrogens (tertiary/aromatic N) is 3. The Morgan fingerprint density at radius 1 is 1.29 bits per heavy atom. The van der Waals surface area contributed by atoms with Crippen molar-refractivity contribution in [3.63, 3.8) is 0 Å². The number of hydrogen-bond acceptors (Lipinski definition) is 6. The minimum absolute atomic E-state index is 0.125. The summed E-state index contributed by atoms with van der Waals surface area (Å²) in [5, 5.41) is 16.6. The molecule has 2 atom stereocenters. The van der Waals surface area contributed by atoms with Crippen LogP contribution in [-0.4, -0.2) is 33.3 Å². The van der Waals surface area contributed by atoms with Gasteiger partial charge in [-0.05, 0) is 47.1 Å². The Morgan fingerprint density at radius 2 is 2.00 bits per heavy atom. The number of carbonyl (C=O) groups is 1. The number of esters is 1. The molecule has 0 saturated heterocycles. The fraction of sp³-hybridized carbons (Fsp3) is 0.238. The number of aromatic nitrogens is 2. The average molecular weight is 551 g/mol. The summed E-state index contributed by atoms with van der Waals surface area (Å²) in [6, 6.07) is 11.7. The maximum absolute atomic E-state index is 12.0. The van der Waals surface area contributed by atoms with Crippen LogP contribution in [-0.2, 0) is 4.79 Å². The number of halogens is 2. The van der Waals surface area contributed by atoms with E-state index in [1.165, 1.54) is 11.6 Å². The van der Waals surface area contributed by atoms with Crippen molar-refractivity contribution < 1.29 is 19.2 Å². The molecule has 0 amide bonds. The highest BCUT2D eigenvalue weighted by molar-refractivity contribution is 9.11. The third-order valence-electron chi connectivity index (χ3n) is 5.04. The number of carbonyl (C=O) groups excluding carboxylic acids is 1. The summed E-state index contributed by atoms with van der Waals surface area (Å²) in [5.74, 6) is -0.595. The van der Waals surface area contributed by atoms with Crippen molar-refractivity contribution in [2.24, 2.45) is 0 Å². The Bertz CT molecular complexity index is 1180. The van der Waals surface area contributed by atoms with Crippen molar-refractivity contribution >= 4 is 37.8 Å². The van der Waals surface area contributed by atoms with Crippen molar-refractivity contribution in [3.05, 3.63) is 78.3 Å². The quantitative estimate of drug-likeness (QED) is 0.263. The summed E-state index contributed by atoms with van der Waals surface area (Å²) >= 11 is 6.93. The van der Waals surface area contributed by atoms with Gasteiger partial charge < -0.3 is 9.47 Å². The summed E-state index contributed by atoms with van der Waals surface area (Å²) in [4.78, 5) is 23.6. The summed E-state index contributed by atoms with van der Waals surface area (Å²) in [6.45, 7) is 2.92. The van der Waals surface area contributed by atoms with Gasteiger partial charge in [-0.1, -0.05) is 34.1 Å². The molecule has 8 nitrogen and oxygen atoms in total. The predicted molar refractivity (Wildman–Crippen MR) is 120 cm³/mol. The van der Waals surface area contributed by atoms with Crippen molar-refractivity contribution in [2.45, 2.75) is 25.8 Å². The second-order valence-corrected chi connectivity index (χ2v) is 8.86. The molecular formula is C21H17Br2N3O5. The number of fused-ring (bicyclic) bond motifs is 1. The van der Waals surface area contributed by atoms with Crippen LogP contribution in [0, 0.1) is 17.0 Å². The highest BCUT2D eigenvalue weighted by Gasteiger charge is 2.45. The van der Waals surface area contributed by atoms with E-state index in [4.69, 9.17) is 9.47 Å². The molecule has 1 aliphatic heterocycles. The molecule has 3 aromatic rings. The van der Waals surface area contributed by atoms with Crippen LogP contribution in [0.5, 0.6) is 11.6 Å². The molecule has 31 heavy (non-hydrogen) atoms. The van der Waals surface area contributed by atoms with Crippen LogP contribution < -0.4 is 9.47 Å². The van der Waals surface area contributed by atoms with Crippen LogP contribution in [0.1, 0.15) is 29.7 Å². The molecule has 4 rings (SSSR count). The van der Waals surface area contributed by atoms with Crippen LogP contribution in [0.2, 0.25) is 0 Å². The number of nitro groups is 1. The Kier molecular flexibility index (Phi) is 5.85. The zero-order valence-electron chi connectivity index (χ0n) is 16.5. The molecule has 0 saturated carbocycles. The Hall–Kier alpha value is -2.72. The first-order valence-electron chi connectivity index (χ1n) is 9.36. The van der Waals surface area contributed by atoms with E-state index in [0.717, 1.165) is 4.47 Å². The molecule has 1 aliphatic rings. The van der Waals surface area contributed by atoms with Gasteiger partial charge in [-0.25, -0.2) is 4.68 Å². The molecule has 0 fully saturated rings. The molecule has 0 bridgehead atoms. The fourth-order valence-electron chi connectivity index (χ4n) is 3.82. The molecule has 2 heterocycles. The zero-order chi connectivity index (χ0) is 22.3. The zero-order valence-corrected chi connectivity index (χ0v) is 19.7. The number of rotatable bonds is 4. The van der Waals surface area contributed by atoms with Crippen molar-refractivity contribution in [3.8, 4) is 17.3 Å². The van der Waals surface area contributed by atoms with Gasteiger partial charge in [0.15, 0.2) is 6.61 Å². The molecule has 0 N–H and O–H groups in total. The Balaban J connectivity index is 2.01. The first kappa shape index (κ1) is 21.5. The lowest BCUT2D eigenvalue weighted by molar-refractivity contribution is -0.528. The van der Waals surface area contributed by atoms with E-state index < -0.39 is 17.9 Å². The number of ether oxygens (including phenoxy) is 2. The van der Waals surface area contributed by atoms with E-state index in [0.29, 0.717) is 32.7 Å². The van der Waals surface area contributed by atoms with Gasteiger partial charge in [0, 0.05) is 21.9 Å². The van der Waals surface area contributed by atoms with Crippen LogP contribution in [0.15, 0.2) is 51.4 Å². The summed E-state index contributed by atoms with van der Waals surface area (Å²) in [5.41, 5.74) is 2.29.